The molecule has 1 N–H and O–H groups in total. The standard InChI is InChI=1S/C19H27N3O2S/c1-3-15-11-22(8-9-25-15)18(20-2)21-12-19(6-7-19)14-4-5-16-17(10-14)24-13-23-16/h4-5,10,15H,3,6-9,11-13H2,1-2H3,(H,20,21). The van der Waals surface area contributed by atoms with Crippen molar-refractivity contribution in [3.63, 3.8) is 0 Å². The Kier molecular flexibility index (Phi) is 4.71. The molecule has 0 amide bonds. The Labute approximate surface area is 154 Å². The minimum Gasteiger partial charge on any atom is -0.454 e. The molecule has 2 fully saturated rings. The number of nitrogens with one attached hydrogen (secondary N) is 1. The zero-order chi connectivity index (χ0) is 17.3. The van der Waals surface area contributed by atoms with E-state index >= 15 is 0 Å². The Morgan fingerprint density at radius 2 is 2.20 bits per heavy atom. The topological polar surface area (TPSA) is 46.1 Å². The average Bonchev–Trinajstić information content (AvgIpc) is 3.30. The summed E-state index contributed by atoms with van der Waals surface area (Å²) in [5.41, 5.74) is 1.56. The smallest absolute Gasteiger partial charge is 0.231 e. The molecule has 3 aliphatic rings. The molecule has 0 radical (unpaired) electrons. The van der Waals surface area contributed by atoms with Gasteiger partial charge in [-0.2, -0.15) is 11.8 Å². The zero-order valence-corrected chi connectivity index (χ0v) is 15.9. The number of thioether (sulfide) groups is 1. The van der Waals surface area contributed by atoms with Gasteiger partial charge in [0.05, 0.1) is 0 Å². The fourth-order valence-corrected chi connectivity index (χ4v) is 4.86. The molecule has 4 rings (SSSR count). The SMILES string of the molecule is CCC1CN(C(=NC)NCC2(c3ccc4c(c3)OCO4)CC2)CCS1. The van der Waals surface area contributed by atoms with Crippen molar-refractivity contribution in [3.8, 4) is 11.5 Å². The number of guanidine groups is 1. The summed E-state index contributed by atoms with van der Waals surface area (Å²) in [5, 5.41) is 4.37. The normalized spacial score (nSPS) is 24.3. The monoisotopic (exact) mass is 361 g/mol. The summed E-state index contributed by atoms with van der Waals surface area (Å²) < 4.78 is 11.0. The molecule has 1 unspecified atom stereocenters. The van der Waals surface area contributed by atoms with E-state index in [9.17, 15) is 0 Å². The maximum absolute atomic E-state index is 5.55. The number of nitrogens with zero attached hydrogens (tertiary/aromatic N) is 2. The number of rotatable bonds is 4. The van der Waals surface area contributed by atoms with Crippen LogP contribution in [0.25, 0.3) is 0 Å². The molecule has 5 nitrogen and oxygen atoms in total. The summed E-state index contributed by atoms with van der Waals surface area (Å²) in [6, 6.07) is 6.39. The molecule has 1 aromatic carbocycles. The summed E-state index contributed by atoms with van der Waals surface area (Å²) in [7, 11) is 1.89. The lowest BCUT2D eigenvalue weighted by Gasteiger charge is -2.35. The van der Waals surface area contributed by atoms with Gasteiger partial charge in [-0.05, 0) is 37.0 Å². The van der Waals surface area contributed by atoms with Crippen LogP contribution in [-0.4, -0.2) is 55.3 Å². The van der Waals surface area contributed by atoms with Crippen LogP contribution in [-0.2, 0) is 5.41 Å². The number of benzene rings is 1. The lowest BCUT2D eigenvalue weighted by Crippen LogP contribution is -2.49. The Morgan fingerprint density at radius 3 is 2.96 bits per heavy atom. The second-order valence-corrected chi connectivity index (χ2v) is 8.50. The van der Waals surface area contributed by atoms with Crippen molar-refractivity contribution in [1.82, 2.24) is 10.2 Å². The third-order valence-corrected chi connectivity index (χ3v) is 6.90. The van der Waals surface area contributed by atoms with Crippen molar-refractivity contribution in [3.05, 3.63) is 23.8 Å². The van der Waals surface area contributed by atoms with Crippen molar-refractivity contribution in [2.45, 2.75) is 36.9 Å². The minimum atomic E-state index is 0.214. The Hall–Kier alpha value is -1.56. The van der Waals surface area contributed by atoms with Gasteiger partial charge in [-0.1, -0.05) is 13.0 Å². The van der Waals surface area contributed by atoms with Gasteiger partial charge in [-0.25, -0.2) is 0 Å². The van der Waals surface area contributed by atoms with Crippen LogP contribution in [0.3, 0.4) is 0 Å². The molecule has 136 valence electrons. The molecule has 1 atom stereocenters. The first kappa shape index (κ1) is 16.9. The van der Waals surface area contributed by atoms with E-state index in [0.717, 1.165) is 42.3 Å². The number of hydrogen-bond donors (Lipinski definition) is 1. The van der Waals surface area contributed by atoms with Crippen molar-refractivity contribution in [2.75, 3.05) is 39.2 Å². The molecule has 1 saturated heterocycles. The van der Waals surface area contributed by atoms with Crippen molar-refractivity contribution >= 4 is 17.7 Å². The minimum absolute atomic E-state index is 0.214. The summed E-state index contributed by atoms with van der Waals surface area (Å²) in [6.45, 7) is 5.72. The highest BCUT2D eigenvalue weighted by molar-refractivity contribution is 8.00. The van der Waals surface area contributed by atoms with Crippen LogP contribution in [0, 0.1) is 0 Å². The molecule has 0 aromatic heterocycles. The highest BCUT2D eigenvalue weighted by Gasteiger charge is 2.45. The molecule has 0 bridgehead atoms. The maximum atomic E-state index is 5.55. The molecule has 0 spiro atoms. The van der Waals surface area contributed by atoms with E-state index in [-0.39, 0.29) is 5.41 Å². The summed E-state index contributed by atoms with van der Waals surface area (Å²) in [6.07, 6.45) is 3.65. The predicted octanol–water partition coefficient (Wildman–Crippen LogP) is 2.85. The van der Waals surface area contributed by atoms with Gasteiger partial charge in [0.15, 0.2) is 17.5 Å². The van der Waals surface area contributed by atoms with Crippen LogP contribution in [0.2, 0.25) is 0 Å². The molecule has 1 aromatic rings. The van der Waals surface area contributed by atoms with E-state index in [4.69, 9.17) is 9.47 Å². The van der Waals surface area contributed by atoms with E-state index in [1.165, 1.54) is 30.6 Å². The van der Waals surface area contributed by atoms with E-state index in [1.807, 2.05) is 13.1 Å². The fraction of sp³-hybridized carbons (Fsp3) is 0.632. The molecule has 2 aliphatic heterocycles. The summed E-state index contributed by atoms with van der Waals surface area (Å²) in [5.74, 6) is 3.98. The van der Waals surface area contributed by atoms with Crippen LogP contribution in [0.4, 0.5) is 0 Å². The number of hydrogen-bond acceptors (Lipinski definition) is 4. The third-order valence-electron chi connectivity index (χ3n) is 5.53. The number of aliphatic imine (C=N–C) groups is 1. The van der Waals surface area contributed by atoms with E-state index in [2.05, 4.69) is 46.0 Å². The second kappa shape index (κ2) is 6.98. The van der Waals surface area contributed by atoms with Crippen molar-refractivity contribution in [2.24, 2.45) is 4.99 Å². The van der Waals surface area contributed by atoms with Crippen molar-refractivity contribution < 1.29 is 9.47 Å². The lowest BCUT2D eigenvalue weighted by molar-refractivity contribution is 0.174. The maximum Gasteiger partial charge on any atom is 0.231 e. The van der Waals surface area contributed by atoms with Crippen LogP contribution in [0.5, 0.6) is 11.5 Å². The van der Waals surface area contributed by atoms with Crippen molar-refractivity contribution in [1.29, 1.82) is 0 Å². The average molecular weight is 362 g/mol. The lowest BCUT2D eigenvalue weighted by atomic mass is 9.95. The van der Waals surface area contributed by atoms with E-state index in [0.29, 0.717) is 6.79 Å². The quantitative estimate of drug-likeness (QED) is 0.660. The summed E-state index contributed by atoms with van der Waals surface area (Å²) in [4.78, 5) is 6.96. The van der Waals surface area contributed by atoms with E-state index in [1.54, 1.807) is 0 Å². The molecule has 1 aliphatic carbocycles. The van der Waals surface area contributed by atoms with Crippen LogP contribution >= 0.6 is 11.8 Å². The Morgan fingerprint density at radius 1 is 1.36 bits per heavy atom. The molecular weight excluding hydrogens is 334 g/mol. The molecular formula is C19H27N3O2S. The Bertz CT molecular complexity index is 660. The van der Waals surface area contributed by atoms with Gasteiger partial charge in [0.2, 0.25) is 6.79 Å². The van der Waals surface area contributed by atoms with Gasteiger partial charge in [0.25, 0.3) is 0 Å². The first-order valence-corrected chi connectivity index (χ1v) is 10.3. The Balaban J connectivity index is 1.41. The third kappa shape index (κ3) is 3.41. The first-order valence-electron chi connectivity index (χ1n) is 9.21. The number of ether oxygens (including phenoxy) is 2. The molecule has 2 heterocycles. The highest BCUT2D eigenvalue weighted by atomic mass is 32.2. The fourth-order valence-electron chi connectivity index (χ4n) is 3.68. The van der Waals surface area contributed by atoms with Gasteiger partial charge in [0.1, 0.15) is 0 Å². The molecule has 6 heteroatoms. The van der Waals surface area contributed by atoms with Gasteiger partial charge >= 0.3 is 0 Å². The number of fused-ring (bicyclic) bond motifs is 1. The van der Waals surface area contributed by atoms with Crippen LogP contribution < -0.4 is 14.8 Å². The zero-order valence-electron chi connectivity index (χ0n) is 15.1. The predicted molar refractivity (Wildman–Crippen MR) is 103 cm³/mol. The van der Waals surface area contributed by atoms with Gasteiger partial charge in [0, 0.05) is 43.1 Å². The highest BCUT2D eigenvalue weighted by Crippen LogP contribution is 2.49. The van der Waals surface area contributed by atoms with Gasteiger partial charge < -0.3 is 19.7 Å². The second-order valence-electron chi connectivity index (χ2n) is 7.10. The van der Waals surface area contributed by atoms with Crippen LogP contribution in [0.1, 0.15) is 31.7 Å². The van der Waals surface area contributed by atoms with Crippen LogP contribution in [0.15, 0.2) is 23.2 Å². The van der Waals surface area contributed by atoms with Gasteiger partial charge in [-0.3, -0.25) is 4.99 Å². The summed E-state index contributed by atoms with van der Waals surface area (Å²) >= 11 is 2.09. The molecule has 1 saturated carbocycles. The van der Waals surface area contributed by atoms with Gasteiger partial charge in [-0.15, -0.1) is 0 Å². The first-order chi connectivity index (χ1) is 12.2. The van der Waals surface area contributed by atoms with E-state index < -0.39 is 0 Å². The largest absolute Gasteiger partial charge is 0.454 e. The molecule has 25 heavy (non-hydrogen) atoms.